The second-order valence-electron chi connectivity index (χ2n) is 7.58. The number of esters is 1. The average Bonchev–Trinajstić information content (AvgIpc) is 2.70. The molecule has 0 spiro atoms. The molecule has 0 fully saturated rings. The highest BCUT2D eigenvalue weighted by atomic mass is 16.6. The fourth-order valence-electron chi connectivity index (χ4n) is 3.58. The fraction of sp³-hybridized carbons (Fsp3) is 0.542. The summed E-state index contributed by atoms with van der Waals surface area (Å²) in [6.45, 7) is 8.21. The Morgan fingerprint density at radius 2 is 2.14 bits per heavy atom. The molecule has 1 aromatic rings. The molecule has 0 saturated carbocycles. The maximum Gasteiger partial charge on any atom is 0.333 e. The Kier molecular flexibility index (Phi) is 9.29. The Morgan fingerprint density at radius 1 is 1.32 bits per heavy atom. The molecule has 0 aromatic heterocycles. The first-order valence-corrected chi connectivity index (χ1v) is 10.4. The molecular formula is C24H34O4. The third kappa shape index (κ3) is 6.83. The van der Waals surface area contributed by atoms with Gasteiger partial charge in [-0.1, -0.05) is 38.1 Å². The molecule has 1 aromatic carbocycles. The first kappa shape index (κ1) is 22.2. The molecule has 1 N–H and O–H groups in total. The van der Waals surface area contributed by atoms with Crippen LogP contribution in [-0.2, 0) is 16.0 Å². The zero-order valence-corrected chi connectivity index (χ0v) is 17.3. The lowest BCUT2D eigenvalue weighted by Crippen LogP contribution is -2.13. The number of aryl methyl sites for hydroxylation is 1. The van der Waals surface area contributed by atoms with Gasteiger partial charge in [0.05, 0.1) is 0 Å². The normalized spacial score (nSPS) is 16.4. The van der Waals surface area contributed by atoms with Gasteiger partial charge in [0.1, 0.15) is 19.0 Å². The van der Waals surface area contributed by atoms with E-state index in [0.717, 1.165) is 56.3 Å². The van der Waals surface area contributed by atoms with Crippen molar-refractivity contribution in [2.45, 2.75) is 58.8 Å². The van der Waals surface area contributed by atoms with Gasteiger partial charge in [0.15, 0.2) is 0 Å². The quantitative estimate of drug-likeness (QED) is 0.327. The van der Waals surface area contributed by atoms with E-state index in [1.54, 1.807) is 6.92 Å². The zero-order valence-electron chi connectivity index (χ0n) is 17.3. The molecule has 0 heterocycles. The molecule has 28 heavy (non-hydrogen) atoms. The Morgan fingerprint density at radius 3 is 2.79 bits per heavy atom. The molecular weight excluding hydrogens is 352 g/mol. The van der Waals surface area contributed by atoms with Crippen LogP contribution in [0.25, 0.3) is 5.57 Å². The van der Waals surface area contributed by atoms with E-state index in [0.29, 0.717) is 18.1 Å². The lowest BCUT2D eigenvalue weighted by molar-refractivity contribution is -0.139. The standard InChI is InChI=1S/C24H34O4/c1-4-6-20-10-13-22(21-11-8-19(9-12-21)7-5-14-25)23(17-20)27-15-16-28-24(26)18(2)3/h10-11,13,17,19,25H,2,4-9,12,14-16H2,1,3H3. The summed E-state index contributed by atoms with van der Waals surface area (Å²) in [6, 6.07) is 6.48. The highest BCUT2D eigenvalue weighted by molar-refractivity contribution is 5.86. The van der Waals surface area contributed by atoms with Gasteiger partial charge in [0.25, 0.3) is 0 Å². The van der Waals surface area contributed by atoms with Gasteiger partial charge in [-0.25, -0.2) is 4.79 Å². The minimum absolute atomic E-state index is 0.214. The topological polar surface area (TPSA) is 55.8 Å². The third-order valence-electron chi connectivity index (χ3n) is 5.14. The van der Waals surface area contributed by atoms with Gasteiger partial charge < -0.3 is 14.6 Å². The summed E-state index contributed by atoms with van der Waals surface area (Å²) in [6.07, 6.45) is 9.65. The lowest BCUT2D eigenvalue weighted by atomic mass is 9.84. The molecule has 4 nitrogen and oxygen atoms in total. The van der Waals surface area contributed by atoms with Crippen LogP contribution in [-0.4, -0.2) is 30.9 Å². The summed E-state index contributed by atoms with van der Waals surface area (Å²) < 4.78 is 11.2. The SMILES string of the molecule is C=C(C)C(=O)OCCOc1cc(CCC)ccc1C1=CCC(CCCO)CC1. The Hall–Kier alpha value is -2.07. The Labute approximate surface area is 169 Å². The van der Waals surface area contributed by atoms with Crippen molar-refractivity contribution in [3.8, 4) is 5.75 Å². The summed E-state index contributed by atoms with van der Waals surface area (Å²) in [5, 5.41) is 9.03. The van der Waals surface area contributed by atoms with E-state index < -0.39 is 0 Å². The van der Waals surface area contributed by atoms with Crippen molar-refractivity contribution in [1.29, 1.82) is 0 Å². The van der Waals surface area contributed by atoms with Crippen LogP contribution in [0, 0.1) is 5.92 Å². The van der Waals surface area contributed by atoms with Crippen molar-refractivity contribution in [2.75, 3.05) is 19.8 Å². The van der Waals surface area contributed by atoms with Crippen molar-refractivity contribution in [3.63, 3.8) is 0 Å². The minimum Gasteiger partial charge on any atom is -0.489 e. The van der Waals surface area contributed by atoms with Crippen LogP contribution < -0.4 is 4.74 Å². The molecule has 0 saturated heterocycles. The van der Waals surface area contributed by atoms with Gasteiger partial charge in [-0.15, -0.1) is 0 Å². The molecule has 4 heteroatoms. The second kappa shape index (κ2) is 11.7. The van der Waals surface area contributed by atoms with E-state index in [1.165, 1.54) is 11.1 Å². The second-order valence-corrected chi connectivity index (χ2v) is 7.58. The Balaban J connectivity index is 2.05. The number of aliphatic hydroxyl groups is 1. The number of aliphatic hydroxyl groups excluding tert-OH is 1. The number of rotatable bonds is 11. The Bertz CT molecular complexity index is 690. The summed E-state index contributed by atoms with van der Waals surface area (Å²) in [5.74, 6) is 1.16. The number of carbonyl (C=O) groups excluding carboxylic acids is 1. The fourth-order valence-corrected chi connectivity index (χ4v) is 3.58. The van der Waals surface area contributed by atoms with E-state index in [2.05, 4.69) is 37.8 Å². The zero-order chi connectivity index (χ0) is 20.4. The van der Waals surface area contributed by atoms with E-state index >= 15 is 0 Å². The molecule has 0 radical (unpaired) electrons. The maximum atomic E-state index is 11.5. The molecule has 0 aliphatic heterocycles. The first-order valence-electron chi connectivity index (χ1n) is 10.4. The molecule has 1 unspecified atom stereocenters. The lowest BCUT2D eigenvalue weighted by Gasteiger charge is -2.23. The predicted molar refractivity (Wildman–Crippen MR) is 113 cm³/mol. The van der Waals surface area contributed by atoms with Crippen molar-refractivity contribution < 1.29 is 19.4 Å². The predicted octanol–water partition coefficient (Wildman–Crippen LogP) is 5.09. The maximum absolute atomic E-state index is 11.5. The van der Waals surface area contributed by atoms with Crippen LogP contribution in [0.4, 0.5) is 0 Å². The summed E-state index contributed by atoms with van der Waals surface area (Å²) >= 11 is 0. The van der Waals surface area contributed by atoms with Crippen molar-refractivity contribution in [3.05, 3.63) is 47.6 Å². The molecule has 1 aliphatic rings. The van der Waals surface area contributed by atoms with E-state index in [-0.39, 0.29) is 19.2 Å². The van der Waals surface area contributed by atoms with Crippen molar-refractivity contribution in [1.82, 2.24) is 0 Å². The monoisotopic (exact) mass is 386 g/mol. The molecule has 0 amide bonds. The van der Waals surface area contributed by atoms with E-state index in [9.17, 15) is 4.79 Å². The number of benzene rings is 1. The first-order chi connectivity index (χ1) is 13.5. The summed E-state index contributed by atoms with van der Waals surface area (Å²) in [5.41, 5.74) is 4.13. The third-order valence-corrected chi connectivity index (χ3v) is 5.14. The van der Waals surface area contributed by atoms with Crippen molar-refractivity contribution in [2.24, 2.45) is 5.92 Å². The number of carbonyl (C=O) groups is 1. The van der Waals surface area contributed by atoms with Crippen LogP contribution in [0.5, 0.6) is 5.75 Å². The van der Waals surface area contributed by atoms with Crippen LogP contribution in [0.15, 0.2) is 36.4 Å². The highest BCUT2D eigenvalue weighted by Crippen LogP contribution is 2.37. The molecule has 2 rings (SSSR count). The average molecular weight is 387 g/mol. The van der Waals surface area contributed by atoms with Crippen LogP contribution in [0.3, 0.4) is 0 Å². The van der Waals surface area contributed by atoms with Crippen molar-refractivity contribution >= 4 is 11.5 Å². The number of ether oxygens (including phenoxy) is 2. The van der Waals surface area contributed by atoms with Gasteiger partial charge >= 0.3 is 5.97 Å². The molecule has 154 valence electrons. The molecule has 1 aliphatic carbocycles. The van der Waals surface area contributed by atoms with Gasteiger partial charge in [0, 0.05) is 17.7 Å². The molecule has 0 bridgehead atoms. The van der Waals surface area contributed by atoms with Crippen LogP contribution in [0.2, 0.25) is 0 Å². The number of allylic oxidation sites excluding steroid dienone is 2. The minimum atomic E-state index is -0.382. The summed E-state index contributed by atoms with van der Waals surface area (Å²) in [4.78, 5) is 11.5. The summed E-state index contributed by atoms with van der Waals surface area (Å²) in [7, 11) is 0. The smallest absolute Gasteiger partial charge is 0.333 e. The van der Waals surface area contributed by atoms with Gasteiger partial charge in [0.2, 0.25) is 0 Å². The van der Waals surface area contributed by atoms with Gasteiger partial charge in [-0.05, 0) is 68.6 Å². The highest BCUT2D eigenvalue weighted by Gasteiger charge is 2.18. The van der Waals surface area contributed by atoms with E-state index in [1.807, 2.05) is 0 Å². The van der Waals surface area contributed by atoms with Crippen LogP contribution in [0.1, 0.15) is 63.5 Å². The van der Waals surface area contributed by atoms with Gasteiger partial charge in [-0.2, -0.15) is 0 Å². The largest absolute Gasteiger partial charge is 0.489 e. The van der Waals surface area contributed by atoms with E-state index in [4.69, 9.17) is 14.6 Å². The molecule has 1 atom stereocenters. The number of hydrogen-bond donors (Lipinski definition) is 1. The van der Waals surface area contributed by atoms with Crippen LogP contribution >= 0.6 is 0 Å². The van der Waals surface area contributed by atoms with Gasteiger partial charge in [-0.3, -0.25) is 0 Å². The number of hydrogen-bond acceptors (Lipinski definition) is 4.